The van der Waals surface area contributed by atoms with Crippen molar-refractivity contribution in [3.63, 3.8) is 0 Å². The number of rotatable bonds is 3. The van der Waals surface area contributed by atoms with E-state index < -0.39 is 0 Å². The van der Waals surface area contributed by atoms with Gasteiger partial charge in [0.1, 0.15) is 0 Å². The Balaban J connectivity index is 1.46. The van der Waals surface area contributed by atoms with E-state index in [4.69, 9.17) is 10.5 Å². The van der Waals surface area contributed by atoms with E-state index in [1.54, 1.807) is 6.07 Å². The number of methoxy groups -OCH3 is 1. The van der Waals surface area contributed by atoms with Crippen LogP contribution < -0.4 is 10.6 Å². The van der Waals surface area contributed by atoms with Gasteiger partial charge in [0, 0.05) is 35.8 Å². The molecule has 1 aromatic heterocycles. The zero-order valence-corrected chi connectivity index (χ0v) is 19.6. The second kappa shape index (κ2) is 8.52. The molecule has 1 unspecified atom stereocenters. The number of carbonyl (C=O) groups excluding carboxylic acids is 2. The molecular formula is C28H29N3O3. The zero-order chi connectivity index (χ0) is 23.9. The fraction of sp³-hybridized carbons (Fsp3) is 0.286. The van der Waals surface area contributed by atoms with Crippen LogP contribution in [0.1, 0.15) is 40.7 Å². The van der Waals surface area contributed by atoms with Gasteiger partial charge in [-0.1, -0.05) is 24.3 Å². The van der Waals surface area contributed by atoms with Crippen LogP contribution in [0.15, 0.2) is 72.6 Å². The smallest absolute Gasteiger partial charge is 0.333 e. The lowest BCUT2D eigenvalue weighted by atomic mass is 9.79. The number of allylic oxidation sites excluding steroid dienone is 1. The van der Waals surface area contributed by atoms with Crippen LogP contribution in [0.25, 0.3) is 5.69 Å². The Kier molecular flexibility index (Phi) is 5.52. The molecule has 0 bridgehead atoms. The summed E-state index contributed by atoms with van der Waals surface area (Å²) in [6, 6.07) is 15.6. The molecule has 1 aliphatic heterocycles. The van der Waals surface area contributed by atoms with Crippen LogP contribution in [0.2, 0.25) is 0 Å². The molecule has 6 nitrogen and oxygen atoms in total. The number of ether oxygens (including phenoxy) is 1. The molecule has 1 amide bonds. The molecular weight excluding hydrogens is 426 g/mol. The largest absolute Gasteiger partial charge is 0.466 e. The second-order valence-corrected chi connectivity index (χ2v) is 9.41. The Hall–Kier alpha value is -3.80. The van der Waals surface area contributed by atoms with Crippen LogP contribution in [-0.4, -0.2) is 30.1 Å². The van der Waals surface area contributed by atoms with E-state index in [-0.39, 0.29) is 17.3 Å². The molecule has 1 aliphatic carbocycles. The number of hydrogen-bond acceptors (Lipinski definition) is 4. The number of anilines is 2. The zero-order valence-electron chi connectivity index (χ0n) is 19.6. The molecule has 3 aromatic rings. The fourth-order valence-corrected chi connectivity index (χ4v) is 5.32. The molecule has 0 saturated heterocycles. The number of amides is 1. The summed E-state index contributed by atoms with van der Waals surface area (Å²) in [6.07, 6.45) is 9.23. The van der Waals surface area contributed by atoms with Gasteiger partial charge in [0.25, 0.3) is 5.91 Å². The molecule has 5 rings (SSSR count). The molecule has 2 heterocycles. The van der Waals surface area contributed by atoms with Crippen molar-refractivity contribution >= 4 is 23.3 Å². The van der Waals surface area contributed by atoms with Crippen LogP contribution >= 0.6 is 0 Å². The standard InChI is InChI=1S/C28H29N3O3/c1-19-10-13-30(18-19)25-8-7-20(15-23(25)29)26(32)31-14-12-28(11-9-22(17-28)27(33)34-2)16-21-5-3-4-6-24(21)31/h3-8,10,13,15,17-18H,9,11-12,14,16,29H2,1-2H3. The third kappa shape index (κ3) is 3.89. The van der Waals surface area contributed by atoms with Crippen LogP contribution in [-0.2, 0) is 16.0 Å². The lowest BCUT2D eigenvalue weighted by Gasteiger charge is -2.26. The highest BCUT2D eigenvalue weighted by Crippen LogP contribution is 2.46. The summed E-state index contributed by atoms with van der Waals surface area (Å²) in [5.74, 6) is -0.322. The van der Waals surface area contributed by atoms with Gasteiger partial charge < -0.3 is 19.9 Å². The molecule has 174 valence electrons. The van der Waals surface area contributed by atoms with Gasteiger partial charge in [0.2, 0.25) is 0 Å². The molecule has 2 aromatic carbocycles. The van der Waals surface area contributed by atoms with E-state index in [1.165, 1.54) is 7.11 Å². The molecule has 6 heteroatoms. The maximum absolute atomic E-state index is 13.7. The van der Waals surface area contributed by atoms with Crippen molar-refractivity contribution in [3.05, 3.63) is 89.3 Å². The van der Waals surface area contributed by atoms with Crippen molar-refractivity contribution in [2.45, 2.75) is 32.6 Å². The first-order valence-electron chi connectivity index (χ1n) is 11.6. The van der Waals surface area contributed by atoms with Crippen molar-refractivity contribution in [1.29, 1.82) is 0 Å². The van der Waals surface area contributed by atoms with E-state index in [0.29, 0.717) is 24.2 Å². The topological polar surface area (TPSA) is 77.6 Å². The Morgan fingerprint density at radius 2 is 1.88 bits per heavy atom. The van der Waals surface area contributed by atoms with Crippen molar-refractivity contribution in [2.24, 2.45) is 5.41 Å². The van der Waals surface area contributed by atoms with Gasteiger partial charge in [-0.3, -0.25) is 4.79 Å². The van der Waals surface area contributed by atoms with Gasteiger partial charge in [-0.05, 0) is 79.5 Å². The van der Waals surface area contributed by atoms with Gasteiger partial charge in [0.15, 0.2) is 0 Å². The minimum Gasteiger partial charge on any atom is -0.466 e. The molecule has 1 atom stereocenters. The molecule has 0 saturated carbocycles. The minimum atomic E-state index is -0.254. The summed E-state index contributed by atoms with van der Waals surface area (Å²) in [6.45, 7) is 2.60. The summed E-state index contributed by atoms with van der Waals surface area (Å²) < 4.78 is 6.92. The number of nitrogens with zero attached hydrogens (tertiary/aromatic N) is 2. The second-order valence-electron chi connectivity index (χ2n) is 9.41. The lowest BCUT2D eigenvalue weighted by Crippen LogP contribution is -2.33. The van der Waals surface area contributed by atoms with Crippen LogP contribution in [0.4, 0.5) is 11.4 Å². The average Bonchev–Trinajstić information content (AvgIpc) is 3.41. The molecule has 0 radical (unpaired) electrons. The van der Waals surface area contributed by atoms with Crippen LogP contribution in [0, 0.1) is 12.3 Å². The Bertz CT molecular complexity index is 1310. The number of carbonyl (C=O) groups is 2. The van der Waals surface area contributed by atoms with Gasteiger partial charge in [0.05, 0.1) is 18.5 Å². The number of nitrogens with two attached hydrogens (primary N) is 1. The van der Waals surface area contributed by atoms with E-state index >= 15 is 0 Å². The highest BCUT2D eigenvalue weighted by atomic mass is 16.5. The number of nitrogen functional groups attached to an aromatic ring is 1. The third-order valence-electron chi connectivity index (χ3n) is 7.12. The van der Waals surface area contributed by atoms with Crippen molar-refractivity contribution in [1.82, 2.24) is 4.57 Å². The normalized spacial score (nSPS) is 19.5. The maximum Gasteiger partial charge on any atom is 0.333 e. The maximum atomic E-state index is 13.7. The van der Waals surface area contributed by atoms with E-state index in [1.807, 2.05) is 65.2 Å². The number of benzene rings is 2. The number of para-hydroxylation sites is 1. The minimum absolute atomic E-state index is 0.0680. The average molecular weight is 456 g/mol. The third-order valence-corrected chi connectivity index (χ3v) is 7.12. The van der Waals surface area contributed by atoms with Gasteiger partial charge in [-0.25, -0.2) is 4.79 Å². The van der Waals surface area contributed by atoms with Crippen molar-refractivity contribution in [3.8, 4) is 5.69 Å². The lowest BCUT2D eigenvalue weighted by molar-refractivity contribution is -0.136. The van der Waals surface area contributed by atoms with Gasteiger partial charge >= 0.3 is 5.97 Å². The number of aromatic nitrogens is 1. The number of fused-ring (bicyclic) bond motifs is 1. The Labute approximate surface area is 199 Å². The van der Waals surface area contributed by atoms with E-state index in [2.05, 4.69) is 12.1 Å². The summed E-state index contributed by atoms with van der Waals surface area (Å²) >= 11 is 0. The summed E-state index contributed by atoms with van der Waals surface area (Å²) in [5.41, 5.74) is 12.1. The first-order chi connectivity index (χ1) is 16.4. The van der Waals surface area contributed by atoms with Crippen LogP contribution in [0.5, 0.6) is 0 Å². The molecule has 0 fully saturated rings. The molecule has 1 spiro atoms. The SMILES string of the molecule is COC(=O)C1=CC2(CC1)CCN(C(=O)c1ccc(-n3ccc(C)c3)c(N)c1)c1ccccc1C2. The first kappa shape index (κ1) is 22.0. The van der Waals surface area contributed by atoms with Crippen molar-refractivity contribution in [2.75, 3.05) is 24.3 Å². The predicted octanol–water partition coefficient (Wildman–Crippen LogP) is 4.84. The fourth-order valence-electron chi connectivity index (χ4n) is 5.32. The number of aryl methyl sites for hydroxylation is 1. The van der Waals surface area contributed by atoms with E-state index in [9.17, 15) is 9.59 Å². The predicted molar refractivity (Wildman–Crippen MR) is 133 cm³/mol. The summed E-state index contributed by atoms with van der Waals surface area (Å²) in [7, 11) is 1.42. The molecule has 34 heavy (non-hydrogen) atoms. The Morgan fingerprint density at radius 1 is 1.06 bits per heavy atom. The van der Waals surface area contributed by atoms with Crippen molar-refractivity contribution < 1.29 is 14.3 Å². The highest BCUT2D eigenvalue weighted by Gasteiger charge is 2.39. The quantitative estimate of drug-likeness (QED) is 0.453. The molecule has 2 aliphatic rings. The molecule has 2 N–H and O–H groups in total. The van der Waals surface area contributed by atoms with E-state index in [0.717, 1.165) is 47.3 Å². The summed E-state index contributed by atoms with van der Waals surface area (Å²) in [5, 5.41) is 0. The highest BCUT2D eigenvalue weighted by molar-refractivity contribution is 6.07. The first-order valence-corrected chi connectivity index (χ1v) is 11.6. The Morgan fingerprint density at radius 3 is 2.62 bits per heavy atom. The summed E-state index contributed by atoms with van der Waals surface area (Å²) in [4.78, 5) is 27.7. The number of esters is 1. The van der Waals surface area contributed by atoms with Gasteiger partial charge in [-0.15, -0.1) is 0 Å². The monoisotopic (exact) mass is 455 g/mol. The van der Waals surface area contributed by atoms with Crippen LogP contribution in [0.3, 0.4) is 0 Å². The van der Waals surface area contributed by atoms with Gasteiger partial charge in [-0.2, -0.15) is 0 Å². The number of hydrogen-bond donors (Lipinski definition) is 1.